The normalized spacial score (nSPS) is 11.9. The summed E-state index contributed by atoms with van der Waals surface area (Å²) < 4.78 is 54.3. The number of carboxylic acid groups (broad SMARTS) is 1. The fourth-order valence-electron chi connectivity index (χ4n) is 3.38. The van der Waals surface area contributed by atoms with E-state index in [1.54, 1.807) is 0 Å². The first-order valence-corrected chi connectivity index (χ1v) is 11.8. The van der Waals surface area contributed by atoms with Gasteiger partial charge in [0.2, 0.25) is 5.88 Å². The Morgan fingerprint density at radius 3 is 2.49 bits per heavy atom. The van der Waals surface area contributed by atoms with Crippen molar-refractivity contribution in [3.8, 4) is 17.4 Å². The van der Waals surface area contributed by atoms with Crippen molar-refractivity contribution < 1.29 is 42.0 Å². The van der Waals surface area contributed by atoms with Crippen LogP contribution in [0.15, 0.2) is 18.2 Å². The summed E-state index contributed by atoms with van der Waals surface area (Å²) in [7, 11) is 0. The average Bonchev–Trinajstić information content (AvgIpc) is 2.85. The monoisotopic (exact) mass is 530 g/mol. The first-order chi connectivity index (χ1) is 17.6. The summed E-state index contributed by atoms with van der Waals surface area (Å²) in [6.07, 6.45) is -3.52. The second-order valence-electron chi connectivity index (χ2n) is 7.71. The van der Waals surface area contributed by atoms with Gasteiger partial charge in [-0.15, -0.1) is 0 Å². The molecular weight excluding hydrogens is 497 g/mol. The lowest BCUT2D eigenvalue weighted by atomic mass is 9.98. The van der Waals surface area contributed by atoms with Crippen LogP contribution < -0.4 is 26.3 Å². The number of halogens is 3. The summed E-state index contributed by atoms with van der Waals surface area (Å²) >= 11 is 0. The molecule has 0 bridgehead atoms. The van der Waals surface area contributed by atoms with Gasteiger partial charge >= 0.3 is 12.1 Å². The Morgan fingerprint density at radius 1 is 1.19 bits per heavy atom. The quantitative estimate of drug-likeness (QED) is 0.255. The second kappa shape index (κ2) is 14.4. The van der Waals surface area contributed by atoms with Crippen molar-refractivity contribution >= 4 is 17.5 Å². The molecule has 1 aromatic heterocycles. The van der Waals surface area contributed by atoms with Crippen LogP contribution >= 0.6 is 0 Å². The van der Waals surface area contributed by atoms with E-state index in [4.69, 9.17) is 40.3 Å². The van der Waals surface area contributed by atoms with Gasteiger partial charge in [-0.2, -0.15) is 18.2 Å². The maximum Gasteiger partial charge on any atom is 0.490 e. The number of anilines is 2. The number of carboxylic acids is 1. The molecule has 206 valence electrons. The maximum absolute atomic E-state index is 10.6. The smallest absolute Gasteiger partial charge is 0.490 e. The number of ether oxygens (including phenoxy) is 4. The zero-order chi connectivity index (χ0) is 27.4. The van der Waals surface area contributed by atoms with Crippen molar-refractivity contribution in [1.82, 2.24) is 4.98 Å². The molecule has 0 spiro atoms. The molecule has 2 heterocycles. The van der Waals surface area contributed by atoms with Gasteiger partial charge < -0.3 is 40.8 Å². The van der Waals surface area contributed by atoms with Crippen molar-refractivity contribution in [2.45, 2.75) is 39.4 Å². The van der Waals surface area contributed by atoms with E-state index in [0.29, 0.717) is 57.7 Å². The van der Waals surface area contributed by atoms with E-state index in [9.17, 15) is 13.2 Å². The number of nitrogens with zero attached hydrogens (tertiary/aromatic N) is 1. The highest BCUT2D eigenvalue weighted by molar-refractivity contribution is 5.73. The lowest BCUT2D eigenvalue weighted by Crippen LogP contribution is -2.21. The molecule has 6 N–H and O–H groups in total. The minimum Gasteiger partial charge on any atom is -0.491 e. The zero-order valence-electron chi connectivity index (χ0n) is 20.8. The SMILES string of the molecule is CCOCCCNc1c(CN)c(N)nc2c1Cc1ccc(OCCOCC)cc1O2.O=C(O)C(F)(F)F. The molecule has 3 rings (SSSR count). The number of nitrogens with one attached hydrogen (secondary N) is 1. The summed E-state index contributed by atoms with van der Waals surface area (Å²) in [5, 5.41) is 10.6. The van der Waals surface area contributed by atoms with Crippen molar-refractivity contribution in [3.05, 3.63) is 34.9 Å². The number of aliphatic carboxylic acids is 1. The van der Waals surface area contributed by atoms with Crippen molar-refractivity contribution in [2.24, 2.45) is 5.73 Å². The van der Waals surface area contributed by atoms with Crippen molar-refractivity contribution in [2.75, 3.05) is 50.6 Å². The standard InChI is InChI=1S/C22H32N4O4.C2HF3O2/c1-3-27-9-5-8-25-20-17-12-15-6-7-16(29-11-10-28-4-2)13-19(15)30-22(17)26-21(24)18(20)14-23;3-2(4,5)1(6)7/h6-7,13H,3-5,8-12,14,23H2,1-2H3,(H3,24,25,26);(H,6,7). The van der Waals surface area contributed by atoms with Gasteiger partial charge in [0.05, 0.1) is 12.3 Å². The first kappa shape index (κ1) is 29.9. The number of rotatable bonds is 12. The van der Waals surface area contributed by atoms with E-state index in [1.807, 2.05) is 32.0 Å². The molecule has 0 aliphatic carbocycles. The molecule has 0 fully saturated rings. The molecule has 0 saturated carbocycles. The molecular formula is C24H33F3N4O6. The lowest BCUT2D eigenvalue weighted by molar-refractivity contribution is -0.192. The largest absolute Gasteiger partial charge is 0.491 e. The first-order valence-electron chi connectivity index (χ1n) is 11.8. The molecule has 0 saturated heterocycles. The second-order valence-corrected chi connectivity index (χ2v) is 7.71. The highest BCUT2D eigenvalue weighted by Gasteiger charge is 2.38. The summed E-state index contributed by atoms with van der Waals surface area (Å²) in [5.74, 6) is -0.400. The number of hydrogen-bond acceptors (Lipinski definition) is 9. The Balaban J connectivity index is 0.000000604. The van der Waals surface area contributed by atoms with Crippen LogP contribution in [0, 0.1) is 0 Å². The molecule has 10 nitrogen and oxygen atoms in total. The minimum atomic E-state index is -5.08. The number of nitrogens with two attached hydrogens (primary N) is 2. The Labute approximate surface area is 213 Å². The molecule has 1 aromatic carbocycles. The van der Waals surface area contributed by atoms with Gasteiger partial charge in [-0.05, 0) is 31.9 Å². The summed E-state index contributed by atoms with van der Waals surface area (Å²) in [4.78, 5) is 13.4. The number of hydrogen-bond donors (Lipinski definition) is 4. The van der Waals surface area contributed by atoms with Crippen molar-refractivity contribution in [3.63, 3.8) is 0 Å². The van der Waals surface area contributed by atoms with Crippen LogP contribution in [-0.4, -0.2) is 61.8 Å². The molecule has 0 unspecified atom stereocenters. The van der Waals surface area contributed by atoms with Crippen LogP contribution in [0.2, 0.25) is 0 Å². The highest BCUT2D eigenvalue weighted by Crippen LogP contribution is 2.42. The number of benzene rings is 1. The van der Waals surface area contributed by atoms with E-state index in [2.05, 4.69) is 10.3 Å². The molecule has 37 heavy (non-hydrogen) atoms. The van der Waals surface area contributed by atoms with Crippen LogP contribution in [0.5, 0.6) is 17.4 Å². The molecule has 1 aliphatic heterocycles. The van der Waals surface area contributed by atoms with Gasteiger partial charge in [-0.25, -0.2) is 4.79 Å². The van der Waals surface area contributed by atoms with Crippen LogP contribution in [-0.2, 0) is 27.2 Å². The number of pyridine rings is 1. The van der Waals surface area contributed by atoms with Gasteiger partial charge in [-0.1, -0.05) is 6.07 Å². The third-order valence-electron chi connectivity index (χ3n) is 5.12. The summed E-state index contributed by atoms with van der Waals surface area (Å²) in [6, 6.07) is 5.85. The van der Waals surface area contributed by atoms with E-state index in [0.717, 1.165) is 46.8 Å². The van der Waals surface area contributed by atoms with E-state index >= 15 is 0 Å². The van der Waals surface area contributed by atoms with Gasteiger partial charge in [0, 0.05) is 56.5 Å². The van der Waals surface area contributed by atoms with Gasteiger partial charge in [0.25, 0.3) is 0 Å². The molecule has 13 heteroatoms. The van der Waals surface area contributed by atoms with Gasteiger partial charge in [0.15, 0.2) is 0 Å². The highest BCUT2D eigenvalue weighted by atomic mass is 19.4. The summed E-state index contributed by atoms with van der Waals surface area (Å²) in [5.41, 5.74) is 15.9. The van der Waals surface area contributed by atoms with Gasteiger partial charge in [0.1, 0.15) is 23.9 Å². The number of nitrogen functional groups attached to an aromatic ring is 1. The molecule has 0 radical (unpaired) electrons. The number of alkyl halides is 3. The fraction of sp³-hybridized carbons (Fsp3) is 0.500. The van der Waals surface area contributed by atoms with E-state index in [1.165, 1.54) is 0 Å². The third kappa shape index (κ3) is 8.95. The molecule has 2 aromatic rings. The third-order valence-corrected chi connectivity index (χ3v) is 5.12. The van der Waals surface area contributed by atoms with Crippen LogP contribution in [0.3, 0.4) is 0 Å². The molecule has 0 amide bonds. The Hall–Kier alpha value is -3.29. The van der Waals surface area contributed by atoms with E-state index < -0.39 is 12.1 Å². The van der Waals surface area contributed by atoms with E-state index in [-0.39, 0.29) is 0 Å². The zero-order valence-corrected chi connectivity index (χ0v) is 20.8. The topological polar surface area (TPSA) is 151 Å². The number of fused-ring (bicyclic) bond motifs is 2. The lowest BCUT2D eigenvalue weighted by Gasteiger charge is -2.25. The maximum atomic E-state index is 10.6. The minimum absolute atomic E-state index is 0.305. The Morgan fingerprint density at radius 2 is 1.86 bits per heavy atom. The van der Waals surface area contributed by atoms with Crippen LogP contribution in [0.1, 0.15) is 37.0 Å². The predicted octanol–water partition coefficient (Wildman–Crippen LogP) is 3.71. The molecule has 1 aliphatic rings. The van der Waals surface area contributed by atoms with Crippen LogP contribution in [0.25, 0.3) is 0 Å². The fourth-order valence-corrected chi connectivity index (χ4v) is 3.38. The van der Waals surface area contributed by atoms with Crippen LogP contribution in [0.4, 0.5) is 24.7 Å². The average molecular weight is 531 g/mol. The van der Waals surface area contributed by atoms with Crippen molar-refractivity contribution in [1.29, 1.82) is 0 Å². The molecule has 0 atom stereocenters. The predicted molar refractivity (Wildman–Crippen MR) is 131 cm³/mol. The Kier molecular flexibility index (Phi) is 11.7. The summed E-state index contributed by atoms with van der Waals surface area (Å²) in [6.45, 7) is 8.14. The number of aromatic nitrogens is 1. The number of carbonyl (C=O) groups is 1. The van der Waals surface area contributed by atoms with Gasteiger partial charge in [-0.3, -0.25) is 0 Å². The Bertz CT molecular complexity index is 1040.